The molecule has 0 saturated carbocycles. The van der Waals surface area contributed by atoms with Crippen molar-refractivity contribution in [3.63, 3.8) is 0 Å². The Morgan fingerprint density at radius 2 is 1.72 bits per heavy atom. The van der Waals surface area contributed by atoms with Crippen LogP contribution in [-0.4, -0.2) is 18.6 Å². The second-order valence-electron chi connectivity index (χ2n) is 7.08. The fraction of sp³-hybridized carbons (Fsp3) is 0.409. The van der Waals surface area contributed by atoms with Crippen molar-refractivity contribution in [2.24, 2.45) is 0 Å². The summed E-state index contributed by atoms with van der Waals surface area (Å²) >= 11 is 0. The van der Waals surface area contributed by atoms with Gasteiger partial charge in [-0.05, 0) is 74.3 Å². The van der Waals surface area contributed by atoms with Crippen molar-refractivity contribution in [1.82, 2.24) is 0 Å². The predicted molar refractivity (Wildman–Crippen MR) is 100 cm³/mol. The molecule has 0 bridgehead atoms. The van der Waals surface area contributed by atoms with Crippen LogP contribution in [0.1, 0.15) is 42.9 Å². The van der Waals surface area contributed by atoms with Crippen molar-refractivity contribution in [2.75, 3.05) is 11.4 Å². The smallest absolute Gasteiger partial charge is 0.267 e. The molecule has 1 amide bonds. The lowest BCUT2D eigenvalue weighted by molar-refractivity contribution is -0.124. The number of benzene rings is 2. The zero-order valence-electron chi connectivity index (χ0n) is 14.8. The molecule has 0 radical (unpaired) electrons. The monoisotopic (exact) mass is 335 g/mol. The van der Waals surface area contributed by atoms with Gasteiger partial charge in [0.2, 0.25) is 0 Å². The lowest BCUT2D eigenvalue weighted by Crippen LogP contribution is -2.43. The van der Waals surface area contributed by atoms with Crippen LogP contribution >= 0.6 is 0 Å². The van der Waals surface area contributed by atoms with Crippen molar-refractivity contribution in [3.05, 3.63) is 59.2 Å². The normalized spacial score (nSPS) is 17.4. The number of para-hydroxylation sites is 1. The average molecular weight is 335 g/mol. The molecule has 25 heavy (non-hydrogen) atoms. The average Bonchev–Trinajstić information content (AvgIpc) is 2.67. The summed E-state index contributed by atoms with van der Waals surface area (Å²) in [4.78, 5) is 14.9. The quantitative estimate of drug-likeness (QED) is 0.836. The number of carbonyl (C=O) groups excluding carboxylic acids is 1. The van der Waals surface area contributed by atoms with Gasteiger partial charge in [0, 0.05) is 12.2 Å². The van der Waals surface area contributed by atoms with E-state index in [0.717, 1.165) is 43.7 Å². The molecule has 4 rings (SSSR count). The van der Waals surface area contributed by atoms with E-state index in [-0.39, 0.29) is 5.91 Å². The van der Waals surface area contributed by atoms with Gasteiger partial charge in [0.1, 0.15) is 5.75 Å². The minimum absolute atomic E-state index is 0.0561. The summed E-state index contributed by atoms with van der Waals surface area (Å²) in [7, 11) is 0. The van der Waals surface area contributed by atoms with Crippen LogP contribution in [0, 0.1) is 0 Å². The second-order valence-corrected chi connectivity index (χ2v) is 7.08. The highest BCUT2D eigenvalue weighted by atomic mass is 16.5. The number of anilines is 1. The Kier molecular flexibility index (Phi) is 4.48. The van der Waals surface area contributed by atoms with E-state index in [1.54, 1.807) is 0 Å². The highest BCUT2D eigenvalue weighted by molar-refractivity contribution is 5.97. The van der Waals surface area contributed by atoms with Gasteiger partial charge in [-0.25, -0.2) is 0 Å². The summed E-state index contributed by atoms with van der Waals surface area (Å²) in [6.45, 7) is 2.65. The van der Waals surface area contributed by atoms with Gasteiger partial charge in [-0.3, -0.25) is 4.79 Å². The van der Waals surface area contributed by atoms with Gasteiger partial charge >= 0.3 is 0 Å². The topological polar surface area (TPSA) is 29.5 Å². The molecule has 3 nitrogen and oxygen atoms in total. The summed E-state index contributed by atoms with van der Waals surface area (Å²) in [6.07, 6.45) is 6.20. The number of amides is 1. The molecule has 130 valence electrons. The summed E-state index contributed by atoms with van der Waals surface area (Å²) in [5.74, 6) is 0.948. The molecular formula is C22H25NO2. The summed E-state index contributed by atoms with van der Waals surface area (Å²) in [6, 6.07) is 14.5. The number of carbonyl (C=O) groups is 1. The fourth-order valence-electron chi connectivity index (χ4n) is 4.08. The SMILES string of the molecule is C[C@@H](Oc1cccc2c1CCCC2)C(=O)N1CCCc2ccccc21. The maximum Gasteiger partial charge on any atom is 0.267 e. The van der Waals surface area contributed by atoms with Crippen LogP contribution in [-0.2, 0) is 24.1 Å². The molecule has 0 fully saturated rings. The number of fused-ring (bicyclic) bond motifs is 2. The van der Waals surface area contributed by atoms with E-state index in [1.807, 2.05) is 42.2 Å². The molecule has 2 aromatic rings. The highest BCUT2D eigenvalue weighted by Crippen LogP contribution is 2.31. The second kappa shape index (κ2) is 6.91. The van der Waals surface area contributed by atoms with Crippen LogP contribution in [0.4, 0.5) is 5.69 Å². The van der Waals surface area contributed by atoms with E-state index in [9.17, 15) is 4.79 Å². The number of ether oxygens (including phenoxy) is 1. The van der Waals surface area contributed by atoms with E-state index in [2.05, 4.69) is 12.1 Å². The zero-order chi connectivity index (χ0) is 17.2. The lowest BCUT2D eigenvalue weighted by Gasteiger charge is -2.32. The van der Waals surface area contributed by atoms with Gasteiger partial charge in [0.25, 0.3) is 5.91 Å². The molecule has 0 spiro atoms. The predicted octanol–water partition coefficient (Wildman–Crippen LogP) is 4.31. The van der Waals surface area contributed by atoms with Gasteiger partial charge in [0.15, 0.2) is 6.10 Å². The van der Waals surface area contributed by atoms with Gasteiger partial charge in [0.05, 0.1) is 0 Å². The molecule has 0 saturated heterocycles. The molecule has 1 aliphatic heterocycles. The highest BCUT2D eigenvalue weighted by Gasteiger charge is 2.28. The molecule has 0 aromatic heterocycles. The van der Waals surface area contributed by atoms with Gasteiger partial charge in [-0.15, -0.1) is 0 Å². The summed E-state index contributed by atoms with van der Waals surface area (Å²) in [5, 5.41) is 0. The zero-order valence-corrected chi connectivity index (χ0v) is 14.8. The number of hydrogen-bond donors (Lipinski definition) is 0. The number of rotatable bonds is 3. The lowest BCUT2D eigenvalue weighted by atomic mass is 9.91. The van der Waals surface area contributed by atoms with Crippen molar-refractivity contribution in [3.8, 4) is 5.75 Å². The van der Waals surface area contributed by atoms with Crippen molar-refractivity contribution in [2.45, 2.75) is 51.6 Å². The van der Waals surface area contributed by atoms with E-state index in [4.69, 9.17) is 4.74 Å². The third-order valence-electron chi connectivity index (χ3n) is 5.38. The van der Waals surface area contributed by atoms with E-state index in [0.29, 0.717) is 0 Å². The molecule has 0 N–H and O–H groups in total. The van der Waals surface area contributed by atoms with Crippen LogP contribution in [0.25, 0.3) is 0 Å². The van der Waals surface area contributed by atoms with Gasteiger partial charge < -0.3 is 9.64 Å². The first-order valence-corrected chi connectivity index (χ1v) is 9.41. The van der Waals surface area contributed by atoms with Crippen LogP contribution < -0.4 is 9.64 Å². The standard InChI is InChI=1S/C22H25NO2/c1-16(25-21-14-6-10-17-8-2-4-12-19(17)21)22(24)23-15-7-11-18-9-3-5-13-20(18)23/h3,5-6,9-10,13-14,16H,2,4,7-8,11-12,15H2,1H3/t16-/m1/s1. The van der Waals surface area contributed by atoms with Crippen LogP contribution in [0.5, 0.6) is 5.75 Å². The molecular weight excluding hydrogens is 310 g/mol. The molecule has 3 heteroatoms. The number of aryl methyl sites for hydroxylation is 2. The Bertz CT molecular complexity index is 783. The summed E-state index contributed by atoms with van der Waals surface area (Å²) < 4.78 is 6.15. The minimum Gasteiger partial charge on any atom is -0.481 e. The Morgan fingerprint density at radius 1 is 0.960 bits per heavy atom. The molecule has 1 aliphatic carbocycles. The third-order valence-corrected chi connectivity index (χ3v) is 5.38. The van der Waals surface area contributed by atoms with E-state index in [1.165, 1.54) is 29.5 Å². The Morgan fingerprint density at radius 3 is 2.64 bits per heavy atom. The molecule has 2 aliphatic rings. The van der Waals surface area contributed by atoms with E-state index >= 15 is 0 Å². The van der Waals surface area contributed by atoms with Gasteiger partial charge in [-0.2, -0.15) is 0 Å². The van der Waals surface area contributed by atoms with Crippen molar-refractivity contribution >= 4 is 11.6 Å². The van der Waals surface area contributed by atoms with Crippen molar-refractivity contribution in [1.29, 1.82) is 0 Å². The molecule has 2 aromatic carbocycles. The van der Waals surface area contributed by atoms with Gasteiger partial charge in [-0.1, -0.05) is 30.3 Å². The Hall–Kier alpha value is -2.29. The number of nitrogens with zero attached hydrogens (tertiary/aromatic N) is 1. The first-order valence-electron chi connectivity index (χ1n) is 9.41. The fourth-order valence-corrected chi connectivity index (χ4v) is 4.08. The van der Waals surface area contributed by atoms with Crippen LogP contribution in [0.15, 0.2) is 42.5 Å². The summed E-state index contributed by atoms with van der Waals surface area (Å²) in [5.41, 5.74) is 4.98. The Balaban J connectivity index is 1.54. The van der Waals surface area contributed by atoms with E-state index < -0.39 is 6.10 Å². The van der Waals surface area contributed by atoms with Crippen LogP contribution in [0.2, 0.25) is 0 Å². The number of hydrogen-bond acceptors (Lipinski definition) is 2. The minimum atomic E-state index is -0.473. The molecule has 1 atom stereocenters. The maximum atomic E-state index is 13.0. The largest absolute Gasteiger partial charge is 0.481 e. The molecule has 0 unspecified atom stereocenters. The first-order chi connectivity index (χ1) is 12.2. The Labute approximate surface area is 149 Å². The van der Waals surface area contributed by atoms with Crippen molar-refractivity contribution < 1.29 is 9.53 Å². The molecule has 1 heterocycles. The van der Waals surface area contributed by atoms with Crippen LogP contribution in [0.3, 0.4) is 0 Å². The third kappa shape index (κ3) is 3.15. The first kappa shape index (κ1) is 16.2. The maximum absolute atomic E-state index is 13.0.